The minimum atomic E-state index is -0.507. The van der Waals surface area contributed by atoms with E-state index in [0.717, 1.165) is 21.3 Å². The smallest absolute Gasteiger partial charge is 0.381 e. The average Bonchev–Trinajstić information content (AvgIpc) is 2.93. The van der Waals surface area contributed by atoms with Gasteiger partial charge in [0.15, 0.2) is 0 Å². The normalized spacial score (nSPS) is 11.4. The fraction of sp³-hybridized carbons (Fsp3) is 0.250. The number of fused-ring (bicyclic) bond motifs is 1. The Morgan fingerprint density at radius 3 is 2.87 bits per heavy atom. The first-order valence-electron chi connectivity index (χ1n) is 7.08. The van der Waals surface area contributed by atoms with Crippen LogP contribution in [0.2, 0.25) is 0 Å². The van der Waals surface area contributed by atoms with Gasteiger partial charge in [-0.3, -0.25) is 0 Å². The maximum Gasteiger partial charge on any atom is 0.414 e. The van der Waals surface area contributed by atoms with Crippen molar-refractivity contribution in [2.45, 2.75) is 26.3 Å². The van der Waals surface area contributed by atoms with Crippen LogP contribution >= 0.6 is 11.3 Å². The van der Waals surface area contributed by atoms with Crippen LogP contribution in [0.1, 0.15) is 20.8 Å². The monoisotopic (exact) mass is 328 g/mol. The molecule has 0 atom stereocenters. The molecule has 0 fully saturated rings. The van der Waals surface area contributed by atoms with Crippen LogP contribution in [0.3, 0.4) is 0 Å². The van der Waals surface area contributed by atoms with Crippen LogP contribution in [0, 0.1) is 0 Å². The number of carbonyl (C=O) groups is 1. The highest BCUT2D eigenvalue weighted by Crippen LogP contribution is 2.31. The summed E-state index contributed by atoms with van der Waals surface area (Å²) in [7, 11) is 0. The molecule has 3 aromatic rings. The van der Waals surface area contributed by atoms with Gasteiger partial charge >= 0.3 is 6.09 Å². The first-order chi connectivity index (χ1) is 10.9. The van der Waals surface area contributed by atoms with Gasteiger partial charge in [0.25, 0.3) is 5.19 Å². The van der Waals surface area contributed by atoms with Crippen molar-refractivity contribution in [2.75, 3.05) is 0 Å². The van der Waals surface area contributed by atoms with Crippen LogP contribution in [-0.2, 0) is 0 Å². The Morgan fingerprint density at radius 1 is 1.26 bits per heavy atom. The molecule has 0 radical (unpaired) electrons. The largest absolute Gasteiger partial charge is 0.414 e. The molecule has 23 heavy (non-hydrogen) atoms. The van der Waals surface area contributed by atoms with Gasteiger partial charge in [0.2, 0.25) is 0 Å². The molecule has 6 nitrogen and oxygen atoms in total. The molecule has 0 bridgehead atoms. The molecule has 1 N–H and O–H groups in total. The Morgan fingerprint density at radius 2 is 2.09 bits per heavy atom. The molecule has 118 valence electrons. The molecule has 2 heterocycles. The lowest BCUT2D eigenvalue weighted by Gasteiger charge is -2.18. The highest BCUT2D eigenvalue weighted by molar-refractivity contribution is 7.16. The van der Waals surface area contributed by atoms with Gasteiger partial charge in [-0.25, -0.2) is 9.78 Å². The van der Waals surface area contributed by atoms with Crippen LogP contribution < -0.4 is 10.1 Å². The molecule has 0 saturated heterocycles. The minimum Gasteiger partial charge on any atom is -0.381 e. The molecular formula is C16H16N4O2S. The fourth-order valence-corrected chi connectivity index (χ4v) is 2.75. The van der Waals surface area contributed by atoms with E-state index in [2.05, 4.69) is 20.5 Å². The third kappa shape index (κ3) is 3.81. The zero-order valence-electron chi connectivity index (χ0n) is 13.0. The number of carbonyl (C=O) groups excluding carboxylic acids is 1. The maximum atomic E-state index is 11.8. The quantitative estimate of drug-likeness (QED) is 0.777. The second kappa shape index (κ2) is 5.92. The third-order valence-corrected chi connectivity index (χ3v) is 3.86. The third-order valence-electron chi connectivity index (χ3n) is 2.94. The molecule has 0 unspecified atom stereocenters. The number of thiazole rings is 1. The van der Waals surface area contributed by atoms with Crippen molar-refractivity contribution >= 4 is 28.3 Å². The van der Waals surface area contributed by atoms with E-state index in [1.807, 2.05) is 45.0 Å². The minimum absolute atomic E-state index is 0.315. The molecule has 0 aliphatic heterocycles. The number of nitrogens with zero attached hydrogens (tertiary/aromatic N) is 3. The Balaban J connectivity index is 1.79. The number of nitrogens with one attached hydrogen (secondary N) is 1. The molecular weight excluding hydrogens is 312 g/mol. The van der Waals surface area contributed by atoms with Crippen molar-refractivity contribution < 1.29 is 9.53 Å². The van der Waals surface area contributed by atoms with Crippen molar-refractivity contribution in [3.05, 3.63) is 36.7 Å². The summed E-state index contributed by atoms with van der Waals surface area (Å²) in [5.74, 6) is 0. The van der Waals surface area contributed by atoms with Crippen molar-refractivity contribution in [3.8, 4) is 15.6 Å². The van der Waals surface area contributed by atoms with Gasteiger partial charge in [-0.1, -0.05) is 17.4 Å². The molecule has 1 aromatic carbocycles. The Labute approximate surface area is 137 Å². The summed E-state index contributed by atoms with van der Waals surface area (Å²) in [5.41, 5.74) is 1.48. The molecule has 0 aliphatic carbocycles. The van der Waals surface area contributed by atoms with E-state index in [1.165, 1.54) is 11.3 Å². The summed E-state index contributed by atoms with van der Waals surface area (Å²) >= 11 is 1.32. The van der Waals surface area contributed by atoms with Crippen LogP contribution in [0.5, 0.6) is 5.19 Å². The van der Waals surface area contributed by atoms with E-state index >= 15 is 0 Å². The number of hydrogen-bond donors (Lipinski definition) is 1. The van der Waals surface area contributed by atoms with E-state index in [9.17, 15) is 4.79 Å². The zero-order valence-corrected chi connectivity index (χ0v) is 13.8. The average molecular weight is 328 g/mol. The summed E-state index contributed by atoms with van der Waals surface area (Å²) in [6, 6.07) is 7.77. The van der Waals surface area contributed by atoms with E-state index < -0.39 is 6.09 Å². The van der Waals surface area contributed by atoms with Gasteiger partial charge in [0.1, 0.15) is 0 Å². The highest BCUT2D eigenvalue weighted by Gasteiger charge is 2.17. The van der Waals surface area contributed by atoms with Gasteiger partial charge in [-0.05, 0) is 44.5 Å². The molecule has 0 saturated carbocycles. The summed E-state index contributed by atoms with van der Waals surface area (Å²) in [6.07, 6.45) is 2.84. The first-order valence-corrected chi connectivity index (χ1v) is 7.90. The predicted octanol–water partition coefficient (Wildman–Crippen LogP) is 3.64. The first kappa shape index (κ1) is 15.4. The standard InChI is InChI=1S/C16H16N4O2S/c1-16(2,3)19-14(21)22-15-17-9-13(23-15)11-4-5-12-10(8-11)6-7-18-20-12/h4-9H,1-3H3,(H,19,21). The van der Waals surface area contributed by atoms with Crippen LogP contribution in [-0.4, -0.2) is 26.8 Å². The zero-order chi connectivity index (χ0) is 16.4. The second-order valence-electron chi connectivity index (χ2n) is 6.06. The van der Waals surface area contributed by atoms with Crippen molar-refractivity contribution in [3.63, 3.8) is 0 Å². The summed E-state index contributed by atoms with van der Waals surface area (Å²) in [4.78, 5) is 16.8. The lowest BCUT2D eigenvalue weighted by atomic mass is 10.1. The van der Waals surface area contributed by atoms with Crippen molar-refractivity contribution in [2.24, 2.45) is 0 Å². The molecule has 1 amide bonds. The number of rotatable bonds is 2. The van der Waals surface area contributed by atoms with Gasteiger partial charge < -0.3 is 10.1 Å². The molecule has 3 rings (SSSR count). The number of aromatic nitrogens is 3. The number of amides is 1. The number of ether oxygens (including phenoxy) is 1. The van der Waals surface area contributed by atoms with E-state index in [-0.39, 0.29) is 5.54 Å². The van der Waals surface area contributed by atoms with Gasteiger partial charge in [0, 0.05) is 17.1 Å². The van der Waals surface area contributed by atoms with Gasteiger partial charge in [-0.15, -0.1) is 0 Å². The second-order valence-corrected chi connectivity index (χ2v) is 7.05. The van der Waals surface area contributed by atoms with E-state index in [4.69, 9.17) is 4.74 Å². The van der Waals surface area contributed by atoms with E-state index in [1.54, 1.807) is 12.4 Å². The summed E-state index contributed by atoms with van der Waals surface area (Å²) in [6.45, 7) is 5.67. The predicted molar refractivity (Wildman–Crippen MR) is 89.6 cm³/mol. The Kier molecular flexibility index (Phi) is 3.96. The van der Waals surface area contributed by atoms with Gasteiger partial charge in [-0.2, -0.15) is 10.2 Å². The molecule has 7 heteroatoms. The topological polar surface area (TPSA) is 77.0 Å². The lowest BCUT2D eigenvalue weighted by molar-refractivity contribution is 0.190. The highest BCUT2D eigenvalue weighted by atomic mass is 32.1. The van der Waals surface area contributed by atoms with Gasteiger partial charge in [0.05, 0.1) is 16.6 Å². The van der Waals surface area contributed by atoms with Crippen LogP contribution in [0.15, 0.2) is 36.7 Å². The van der Waals surface area contributed by atoms with Crippen molar-refractivity contribution in [1.29, 1.82) is 0 Å². The molecule has 2 aromatic heterocycles. The lowest BCUT2D eigenvalue weighted by Crippen LogP contribution is -2.42. The molecule has 0 spiro atoms. The summed E-state index contributed by atoms with van der Waals surface area (Å²) < 4.78 is 5.22. The fourth-order valence-electron chi connectivity index (χ4n) is 1.99. The van der Waals surface area contributed by atoms with Crippen molar-refractivity contribution in [1.82, 2.24) is 20.5 Å². The maximum absolute atomic E-state index is 11.8. The van der Waals surface area contributed by atoms with E-state index in [0.29, 0.717) is 5.19 Å². The van der Waals surface area contributed by atoms with Crippen LogP contribution in [0.4, 0.5) is 4.79 Å². The Hall–Kier alpha value is -2.54. The Bertz CT molecular complexity index is 854. The van der Waals surface area contributed by atoms with Crippen LogP contribution in [0.25, 0.3) is 21.3 Å². The number of hydrogen-bond acceptors (Lipinski definition) is 6. The SMILES string of the molecule is CC(C)(C)NC(=O)Oc1ncc(-c2ccc3nnccc3c2)s1. The molecule has 0 aliphatic rings. The number of benzene rings is 1. The summed E-state index contributed by atoms with van der Waals surface area (Å²) in [5, 5.41) is 12.0.